The molecule has 0 bridgehead atoms. The van der Waals surface area contributed by atoms with E-state index in [4.69, 9.17) is 4.74 Å². The van der Waals surface area contributed by atoms with Gasteiger partial charge in [0.15, 0.2) is 5.17 Å². The zero-order valence-electron chi connectivity index (χ0n) is 14.7. The summed E-state index contributed by atoms with van der Waals surface area (Å²) in [5.74, 6) is -1.08. The Kier molecular flexibility index (Phi) is 6.90. The molecule has 1 saturated heterocycles. The van der Waals surface area contributed by atoms with Crippen LogP contribution in [0.5, 0.6) is 0 Å². The molecule has 1 aromatic rings. The van der Waals surface area contributed by atoms with Crippen molar-refractivity contribution in [2.45, 2.75) is 32.4 Å². The second-order valence-electron chi connectivity index (χ2n) is 5.60. The number of nitrogens with one attached hydrogen (secondary N) is 2. The van der Waals surface area contributed by atoms with E-state index in [-0.39, 0.29) is 24.8 Å². The van der Waals surface area contributed by atoms with Gasteiger partial charge in [0.25, 0.3) is 0 Å². The first-order valence-electron chi connectivity index (χ1n) is 8.02. The maximum absolute atomic E-state index is 12.2. The Morgan fingerprint density at radius 2 is 2.12 bits per heavy atom. The molecule has 26 heavy (non-hydrogen) atoms. The Morgan fingerprint density at radius 3 is 2.81 bits per heavy atom. The summed E-state index contributed by atoms with van der Waals surface area (Å²) < 4.78 is 4.93. The first-order chi connectivity index (χ1) is 12.4. The second-order valence-corrected chi connectivity index (χ2v) is 6.79. The van der Waals surface area contributed by atoms with Crippen molar-refractivity contribution in [2.24, 2.45) is 10.2 Å². The number of anilines is 1. The van der Waals surface area contributed by atoms with E-state index in [9.17, 15) is 14.4 Å². The quantitative estimate of drug-likeness (QED) is 0.449. The molecule has 0 spiro atoms. The van der Waals surface area contributed by atoms with E-state index in [2.05, 4.69) is 20.8 Å². The van der Waals surface area contributed by atoms with Gasteiger partial charge in [0, 0.05) is 17.8 Å². The van der Waals surface area contributed by atoms with E-state index in [0.717, 1.165) is 17.5 Å². The van der Waals surface area contributed by atoms with E-state index in [1.165, 1.54) is 6.07 Å². The number of esters is 1. The van der Waals surface area contributed by atoms with Crippen molar-refractivity contribution in [2.75, 3.05) is 11.9 Å². The van der Waals surface area contributed by atoms with Crippen molar-refractivity contribution in [1.82, 2.24) is 5.32 Å². The van der Waals surface area contributed by atoms with Crippen LogP contribution in [0.25, 0.3) is 0 Å². The molecule has 0 radical (unpaired) electrons. The van der Waals surface area contributed by atoms with Crippen LogP contribution in [0.2, 0.25) is 0 Å². The minimum atomic E-state index is -0.575. The monoisotopic (exact) mass is 376 g/mol. The summed E-state index contributed by atoms with van der Waals surface area (Å²) in [5.41, 5.74) is 1.57. The highest BCUT2D eigenvalue weighted by atomic mass is 32.2. The van der Waals surface area contributed by atoms with Gasteiger partial charge in [-0.2, -0.15) is 5.10 Å². The van der Waals surface area contributed by atoms with Crippen molar-refractivity contribution in [3.05, 3.63) is 29.8 Å². The van der Waals surface area contributed by atoms with Gasteiger partial charge in [-0.3, -0.25) is 9.59 Å². The summed E-state index contributed by atoms with van der Waals surface area (Å²) >= 11 is 1.16. The van der Waals surface area contributed by atoms with E-state index in [1.807, 2.05) is 0 Å². The summed E-state index contributed by atoms with van der Waals surface area (Å²) in [6.07, 6.45) is -0.0199. The number of nitrogens with zero attached hydrogens (tertiary/aromatic N) is 2. The van der Waals surface area contributed by atoms with Crippen molar-refractivity contribution in [3.63, 3.8) is 0 Å². The topological polar surface area (TPSA) is 109 Å². The van der Waals surface area contributed by atoms with E-state index >= 15 is 0 Å². The number of ether oxygens (including phenoxy) is 1. The molecule has 9 heteroatoms. The molecule has 0 aromatic heterocycles. The van der Waals surface area contributed by atoms with E-state index < -0.39 is 11.2 Å². The molecule has 138 valence electrons. The lowest BCUT2D eigenvalue weighted by molar-refractivity contribution is -0.122. The number of benzene rings is 1. The van der Waals surface area contributed by atoms with Gasteiger partial charge in [0.05, 0.1) is 12.2 Å². The molecule has 0 saturated carbocycles. The van der Waals surface area contributed by atoms with Crippen molar-refractivity contribution < 1.29 is 19.1 Å². The van der Waals surface area contributed by atoms with Gasteiger partial charge < -0.3 is 15.4 Å². The lowest BCUT2D eigenvalue weighted by Gasteiger charge is -2.08. The average Bonchev–Trinajstić information content (AvgIpc) is 2.93. The molecule has 1 aromatic carbocycles. The van der Waals surface area contributed by atoms with Crippen LogP contribution in [-0.4, -0.2) is 40.5 Å². The first kappa shape index (κ1) is 19.6. The summed E-state index contributed by atoms with van der Waals surface area (Å²) in [6, 6.07) is 6.44. The van der Waals surface area contributed by atoms with Gasteiger partial charge in [-0.05, 0) is 39.0 Å². The summed E-state index contributed by atoms with van der Waals surface area (Å²) in [5, 5.41) is 12.9. The minimum absolute atomic E-state index is 0.0199. The van der Waals surface area contributed by atoms with Crippen LogP contribution >= 0.6 is 11.8 Å². The fourth-order valence-corrected chi connectivity index (χ4v) is 2.97. The van der Waals surface area contributed by atoms with Crippen LogP contribution in [0.15, 0.2) is 34.5 Å². The summed E-state index contributed by atoms with van der Waals surface area (Å²) in [7, 11) is 0. The highest BCUT2D eigenvalue weighted by molar-refractivity contribution is 8.15. The molecule has 2 amide bonds. The van der Waals surface area contributed by atoms with Gasteiger partial charge in [-0.25, -0.2) is 4.79 Å². The van der Waals surface area contributed by atoms with Gasteiger partial charge in [-0.15, -0.1) is 5.10 Å². The highest BCUT2D eigenvalue weighted by Crippen LogP contribution is 2.23. The second kappa shape index (κ2) is 9.14. The third-order valence-electron chi connectivity index (χ3n) is 3.15. The Labute approximate surface area is 155 Å². The molecule has 2 rings (SSSR count). The van der Waals surface area contributed by atoms with Crippen molar-refractivity contribution in [1.29, 1.82) is 0 Å². The number of hydrogen-bond donors (Lipinski definition) is 2. The zero-order valence-corrected chi connectivity index (χ0v) is 15.6. The molecule has 1 aliphatic heterocycles. The predicted molar refractivity (Wildman–Crippen MR) is 101 cm³/mol. The van der Waals surface area contributed by atoms with E-state index in [0.29, 0.717) is 16.4 Å². The molecule has 1 heterocycles. The molecule has 1 atom stereocenters. The molecule has 1 unspecified atom stereocenters. The number of hydrogen-bond acceptors (Lipinski definition) is 7. The number of carbonyl (C=O) groups is 3. The molecule has 1 fully saturated rings. The van der Waals surface area contributed by atoms with Crippen LogP contribution in [0, 0.1) is 0 Å². The maximum atomic E-state index is 12.2. The number of rotatable bonds is 6. The molecule has 1 aliphatic rings. The molecule has 8 nitrogen and oxygen atoms in total. The van der Waals surface area contributed by atoms with E-state index in [1.54, 1.807) is 39.0 Å². The van der Waals surface area contributed by atoms with Crippen LogP contribution < -0.4 is 10.6 Å². The fraction of sp³-hybridized carbons (Fsp3) is 0.353. The molecular formula is C17H20N4O4S. The maximum Gasteiger partial charge on any atom is 0.338 e. The Balaban J connectivity index is 1.96. The summed E-state index contributed by atoms with van der Waals surface area (Å²) in [6.45, 7) is 5.58. The zero-order chi connectivity index (χ0) is 19.1. The van der Waals surface area contributed by atoms with Gasteiger partial charge in [-0.1, -0.05) is 17.8 Å². The van der Waals surface area contributed by atoms with Gasteiger partial charge >= 0.3 is 5.97 Å². The van der Waals surface area contributed by atoms with Crippen LogP contribution in [0.4, 0.5) is 5.69 Å². The minimum Gasteiger partial charge on any atom is -0.462 e. The Morgan fingerprint density at radius 1 is 1.35 bits per heavy atom. The molecular weight excluding hydrogens is 356 g/mol. The van der Waals surface area contributed by atoms with Crippen LogP contribution in [-0.2, 0) is 14.3 Å². The van der Waals surface area contributed by atoms with Gasteiger partial charge in [0.2, 0.25) is 11.8 Å². The largest absolute Gasteiger partial charge is 0.462 e. The fourth-order valence-electron chi connectivity index (χ4n) is 2.05. The van der Waals surface area contributed by atoms with Crippen molar-refractivity contribution in [3.8, 4) is 0 Å². The number of carbonyl (C=O) groups excluding carboxylic acids is 3. The lowest BCUT2D eigenvalue weighted by Crippen LogP contribution is -2.28. The average molecular weight is 376 g/mol. The van der Waals surface area contributed by atoms with Crippen LogP contribution in [0.1, 0.15) is 37.6 Å². The third-order valence-corrected chi connectivity index (χ3v) is 4.22. The van der Waals surface area contributed by atoms with Crippen LogP contribution in [0.3, 0.4) is 0 Å². The smallest absolute Gasteiger partial charge is 0.338 e. The Bertz CT molecular complexity index is 772. The van der Waals surface area contributed by atoms with Crippen molar-refractivity contribution >= 4 is 46.1 Å². The summed E-state index contributed by atoms with van der Waals surface area (Å²) in [4.78, 5) is 35.9. The predicted octanol–water partition coefficient (Wildman–Crippen LogP) is 2.18. The number of amidine groups is 1. The SMILES string of the molecule is CCOC(=O)c1cccc(NC(=O)CC2SC(=NN=C(C)C)NC2=O)c1. The molecule has 2 N–H and O–H groups in total. The Hall–Kier alpha value is -2.68. The number of amides is 2. The third kappa shape index (κ3) is 5.69. The highest BCUT2D eigenvalue weighted by Gasteiger charge is 2.32. The first-order valence-corrected chi connectivity index (χ1v) is 8.90. The van der Waals surface area contributed by atoms with Gasteiger partial charge in [0.1, 0.15) is 5.25 Å². The molecule has 0 aliphatic carbocycles. The normalized spacial score (nSPS) is 17.6. The number of thioether (sulfide) groups is 1. The standard InChI is InChI=1S/C17H20N4O4S/c1-4-25-16(24)11-6-5-7-12(8-11)18-14(22)9-13-15(23)19-17(26-13)21-20-10(2)3/h5-8,13H,4,9H2,1-3H3,(H,18,22)(H,19,21,23). The lowest BCUT2D eigenvalue weighted by atomic mass is 10.2.